The molecule has 0 unspecified atom stereocenters. The lowest BCUT2D eigenvalue weighted by Gasteiger charge is -2.12. The highest BCUT2D eigenvalue weighted by Gasteiger charge is 2.07. The number of nitrogens with zero attached hydrogens (tertiary/aromatic N) is 3. The maximum absolute atomic E-state index is 5.42. The Balaban J connectivity index is 0.000000233. The summed E-state index contributed by atoms with van der Waals surface area (Å²) in [7, 11) is 4.07. The molecule has 0 aliphatic heterocycles. The zero-order valence-corrected chi connectivity index (χ0v) is 14.8. The fourth-order valence-corrected chi connectivity index (χ4v) is 2.91. The number of pyridine rings is 1. The first-order chi connectivity index (χ1) is 12.7. The van der Waals surface area contributed by atoms with Crippen LogP contribution in [0, 0.1) is 12.5 Å². The van der Waals surface area contributed by atoms with E-state index >= 15 is 0 Å². The number of hydrogen-bond acceptors (Lipinski definition) is 2. The van der Waals surface area contributed by atoms with Crippen molar-refractivity contribution in [2.45, 2.75) is 0 Å². The van der Waals surface area contributed by atoms with E-state index in [1.165, 1.54) is 16.8 Å². The predicted octanol–water partition coefficient (Wildman–Crippen LogP) is 4.88. The molecule has 0 atom stereocenters. The van der Waals surface area contributed by atoms with Gasteiger partial charge in [-0.05, 0) is 47.0 Å². The van der Waals surface area contributed by atoms with Crippen LogP contribution in [0.4, 0.5) is 5.69 Å². The van der Waals surface area contributed by atoms with Crippen molar-refractivity contribution in [3.05, 3.63) is 73.1 Å². The second kappa shape index (κ2) is 6.42. The van der Waals surface area contributed by atoms with E-state index in [-0.39, 0.29) is 0 Å². The molecule has 0 fully saturated rings. The molecular formula is C23H19N3. The van der Waals surface area contributed by atoms with Gasteiger partial charge in [-0.2, -0.15) is 0 Å². The van der Waals surface area contributed by atoms with Crippen molar-refractivity contribution in [1.82, 2.24) is 9.55 Å². The van der Waals surface area contributed by atoms with Crippen molar-refractivity contribution in [3.8, 4) is 34.7 Å². The van der Waals surface area contributed by atoms with Crippen LogP contribution >= 0.6 is 0 Å². The monoisotopic (exact) mass is 337 g/mol. The molecule has 0 amide bonds. The van der Waals surface area contributed by atoms with E-state index < -0.39 is 0 Å². The zero-order chi connectivity index (χ0) is 18.1. The number of aromatic nitrogens is 2. The molecule has 2 aliphatic carbocycles. The zero-order valence-electron chi connectivity index (χ0n) is 14.8. The number of fused-ring (bicyclic) bond motifs is 2. The Morgan fingerprint density at radius 1 is 0.885 bits per heavy atom. The normalized spacial score (nSPS) is 10.7. The summed E-state index contributed by atoms with van der Waals surface area (Å²) >= 11 is 0. The van der Waals surface area contributed by atoms with E-state index in [2.05, 4.69) is 70.5 Å². The van der Waals surface area contributed by atoms with Gasteiger partial charge >= 0.3 is 0 Å². The summed E-state index contributed by atoms with van der Waals surface area (Å²) < 4.78 is 1.69. The second-order valence-corrected chi connectivity index (χ2v) is 6.47. The second-order valence-electron chi connectivity index (χ2n) is 6.47. The summed E-state index contributed by atoms with van der Waals surface area (Å²) in [6.45, 7) is 0. The lowest BCUT2D eigenvalue weighted by atomic mass is 10.1. The Morgan fingerprint density at radius 2 is 1.62 bits per heavy atom. The number of rotatable bonds is 2. The van der Waals surface area contributed by atoms with E-state index in [1.807, 2.05) is 32.6 Å². The van der Waals surface area contributed by atoms with Gasteiger partial charge in [-0.1, -0.05) is 36.8 Å². The molecule has 0 saturated heterocycles. The van der Waals surface area contributed by atoms with Crippen LogP contribution < -0.4 is 4.90 Å². The standard InChI is InChI=1S/C17H15N3.C6H4/c1-4-20-10-9-14-11-15(12-18-17(14)20)13-5-7-16(8-6-13)19(2)3;1-2-5-4-6(5)3-1/h1,5-12H,2-3H3;1-4H. The smallest absolute Gasteiger partial charge is 0.151 e. The van der Waals surface area contributed by atoms with Gasteiger partial charge in [0.25, 0.3) is 0 Å². The van der Waals surface area contributed by atoms with Crippen molar-refractivity contribution in [2.75, 3.05) is 19.0 Å². The topological polar surface area (TPSA) is 21.1 Å². The Hall–Kier alpha value is -3.51. The molecule has 3 nitrogen and oxygen atoms in total. The minimum absolute atomic E-state index is 0.821. The summed E-state index contributed by atoms with van der Waals surface area (Å²) in [4.78, 5) is 6.54. The third-order valence-corrected chi connectivity index (χ3v) is 4.50. The average Bonchev–Trinajstić information content (AvgIpc) is 3.08. The molecule has 3 aromatic rings. The van der Waals surface area contributed by atoms with E-state index in [9.17, 15) is 0 Å². The average molecular weight is 337 g/mol. The summed E-state index contributed by atoms with van der Waals surface area (Å²) in [6.07, 6.45) is 9.14. The van der Waals surface area contributed by atoms with Gasteiger partial charge in [0, 0.05) is 49.2 Å². The maximum atomic E-state index is 5.42. The molecule has 26 heavy (non-hydrogen) atoms. The quantitative estimate of drug-likeness (QED) is 0.428. The molecule has 126 valence electrons. The highest BCUT2D eigenvalue weighted by atomic mass is 15.1. The van der Waals surface area contributed by atoms with E-state index in [0.717, 1.165) is 22.2 Å². The van der Waals surface area contributed by atoms with Crippen LogP contribution in [0.3, 0.4) is 0 Å². The van der Waals surface area contributed by atoms with Gasteiger partial charge in [-0.15, -0.1) is 0 Å². The summed E-state index contributed by atoms with van der Waals surface area (Å²) in [5, 5.41) is 1.05. The molecule has 2 heterocycles. The molecule has 0 radical (unpaired) electrons. The summed E-state index contributed by atoms with van der Waals surface area (Å²) in [5.74, 6) is 0. The van der Waals surface area contributed by atoms with E-state index in [1.54, 1.807) is 4.57 Å². The molecule has 2 aromatic heterocycles. The molecule has 0 spiro atoms. The van der Waals surface area contributed by atoms with Crippen molar-refractivity contribution in [1.29, 1.82) is 0 Å². The Morgan fingerprint density at radius 3 is 2.15 bits per heavy atom. The van der Waals surface area contributed by atoms with Crippen LogP contribution in [-0.4, -0.2) is 23.6 Å². The highest BCUT2D eigenvalue weighted by Crippen LogP contribution is 2.32. The van der Waals surface area contributed by atoms with Crippen LogP contribution in [0.5, 0.6) is 0 Å². The van der Waals surface area contributed by atoms with Gasteiger partial charge in [0.05, 0.1) is 0 Å². The number of terminal acetylenes is 1. The van der Waals surface area contributed by atoms with Crippen LogP contribution in [0.25, 0.3) is 33.3 Å². The van der Waals surface area contributed by atoms with Crippen molar-refractivity contribution >= 4 is 16.7 Å². The Labute approximate surface area is 153 Å². The minimum atomic E-state index is 0.821. The number of anilines is 1. The highest BCUT2D eigenvalue weighted by molar-refractivity contribution is 5.83. The number of benzene rings is 2. The predicted molar refractivity (Wildman–Crippen MR) is 109 cm³/mol. The first kappa shape index (κ1) is 16.0. The van der Waals surface area contributed by atoms with Crippen LogP contribution in [0.15, 0.2) is 73.1 Å². The largest absolute Gasteiger partial charge is 0.378 e. The molecular weight excluding hydrogens is 318 g/mol. The van der Waals surface area contributed by atoms with Crippen molar-refractivity contribution in [2.24, 2.45) is 0 Å². The van der Waals surface area contributed by atoms with Gasteiger partial charge in [-0.25, -0.2) is 4.98 Å². The van der Waals surface area contributed by atoms with Crippen LogP contribution in [-0.2, 0) is 0 Å². The Kier molecular flexibility index (Phi) is 3.95. The fourth-order valence-electron chi connectivity index (χ4n) is 2.91. The summed E-state index contributed by atoms with van der Waals surface area (Å²) in [5.41, 5.74) is 7.10. The minimum Gasteiger partial charge on any atom is -0.378 e. The third kappa shape index (κ3) is 3.05. The van der Waals surface area contributed by atoms with Crippen LogP contribution in [0.1, 0.15) is 0 Å². The van der Waals surface area contributed by atoms with Crippen molar-refractivity contribution in [3.63, 3.8) is 0 Å². The molecule has 1 aromatic carbocycles. The third-order valence-electron chi connectivity index (χ3n) is 4.50. The van der Waals surface area contributed by atoms with Gasteiger partial charge in [0.15, 0.2) is 5.65 Å². The Bertz CT molecular complexity index is 1100. The SMILES string of the molecule is C#Cn1ccc2cc(-c3ccc(N(C)C)cc3)cnc21.c1cc2cc-2c1. The first-order valence-corrected chi connectivity index (χ1v) is 8.47. The van der Waals surface area contributed by atoms with Gasteiger partial charge in [0.2, 0.25) is 0 Å². The van der Waals surface area contributed by atoms with E-state index in [0.29, 0.717) is 0 Å². The molecule has 0 saturated carbocycles. The number of hydrogen-bond donors (Lipinski definition) is 0. The van der Waals surface area contributed by atoms with Gasteiger partial charge < -0.3 is 4.90 Å². The molecule has 0 bridgehead atoms. The van der Waals surface area contributed by atoms with E-state index in [4.69, 9.17) is 6.42 Å². The molecule has 3 heteroatoms. The summed E-state index contributed by atoms with van der Waals surface area (Å²) in [6, 6.07) is 23.6. The molecule has 5 rings (SSSR count). The fraction of sp³-hybridized carbons (Fsp3) is 0.0870. The van der Waals surface area contributed by atoms with Gasteiger partial charge in [-0.3, -0.25) is 4.57 Å². The van der Waals surface area contributed by atoms with Crippen LogP contribution in [0.2, 0.25) is 0 Å². The maximum Gasteiger partial charge on any atom is 0.151 e. The van der Waals surface area contributed by atoms with Crippen molar-refractivity contribution < 1.29 is 0 Å². The molecule has 2 aliphatic rings. The van der Waals surface area contributed by atoms with Gasteiger partial charge in [0.1, 0.15) is 0 Å². The lowest BCUT2D eigenvalue weighted by molar-refractivity contribution is 1.13. The first-order valence-electron chi connectivity index (χ1n) is 8.47. The lowest BCUT2D eigenvalue weighted by Crippen LogP contribution is -2.07. The molecule has 0 N–H and O–H groups in total.